The number of ether oxygens (including phenoxy) is 1. The number of rotatable bonds is 11. The van der Waals surface area contributed by atoms with E-state index in [1.165, 1.54) is 25.7 Å². The molecule has 31 heavy (non-hydrogen) atoms. The molecule has 0 saturated heterocycles. The number of carbonyl (C=O) groups is 1. The zero-order valence-corrected chi connectivity index (χ0v) is 22.0. The lowest BCUT2D eigenvalue weighted by molar-refractivity contribution is 0.0773. The molecule has 6 nitrogen and oxygen atoms in total. The molecule has 176 valence electrons. The molecule has 0 atom stereocenters. The van der Waals surface area contributed by atoms with E-state index in [1.54, 1.807) is 0 Å². The van der Waals surface area contributed by atoms with Crippen LogP contribution in [0.2, 0.25) is 0 Å². The Labute approximate surface area is 205 Å². The van der Waals surface area contributed by atoms with E-state index in [0.29, 0.717) is 12.0 Å². The highest BCUT2D eigenvalue weighted by atomic mass is 127. The Hall–Kier alpha value is -1.35. The van der Waals surface area contributed by atoms with Gasteiger partial charge in [0.1, 0.15) is 0 Å². The van der Waals surface area contributed by atoms with Crippen molar-refractivity contribution >= 4 is 35.8 Å². The number of benzene rings is 1. The number of hydrogen-bond donors (Lipinski definition) is 2. The zero-order valence-electron chi connectivity index (χ0n) is 19.7. The fourth-order valence-electron chi connectivity index (χ4n) is 4.21. The monoisotopic (exact) mass is 544 g/mol. The summed E-state index contributed by atoms with van der Waals surface area (Å²) in [6.07, 6.45) is 6.22. The van der Waals surface area contributed by atoms with Crippen LogP contribution in [-0.4, -0.2) is 56.7 Å². The predicted molar refractivity (Wildman–Crippen MR) is 139 cm³/mol. The van der Waals surface area contributed by atoms with Crippen molar-refractivity contribution in [1.29, 1.82) is 0 Å². The van der Waals surface area contributed by atoms with Crippen molar-refractivity contribution in [2.24, 2.45) is 10.4 Å². The highest BCUT2D eigenvalue weighted by molar-refractivity contribution is 14.0. The van der Waals surface area contributed by atoms with Crippen LogP contribution in [0.3, 0.4) is 0 Å². The number of carbonyl (C=O) groups excluding carboxylic acids is 1. The summed E-state index contributed by atoms with van der Waals surface area (Å²) in [6, 6.07) is 7.85. The van der Waals surface area contributed by atoms with E-state index in [0.717, 1.165) is 56.4 Å². The number of nitrogens with zero attached hydrogens (tertiary/aromatic N) is 2. The van der Waals surface area contributed by atoms with Crippen LogP contribution in [0, 0.1) is 5.41 Å². The summed E-state index contributed by atoms with van der Waals surface area (Å²) in [4.78, 5) is 18.7. The van der Waals surface area contributed by atoms with Gasteiger partial charge in [0.25, 0.3) is 5.91 Å². The summed E-state index contributed by atoms with van der Waals surface area (Å²) in [5.41, 5.74) is 2.18. The van der Waals surface area contributed by atoms with Gasteiger partial charge in [-0.2, -0.15) is 0 Å². The Morgan fingerprint density at radius 2 is 1.74 bits per heavy atom. The third-order valence-corrected chi connectivity index (χ3v) is 6.21. The molecule has 7 heteroatoms. The quantitative estimate of drug-likeness (QED) is 0.187. The first kappa shape index (κ1) is 27.7. The topological polar surface area (TPSA) is 66.0 Å². The fraction of sp³-hybridized carbons (Fsp3) is 0.667. The number of aliphatic imine (C=N–C) groups is 1. The first-order valence-corrected chi connectivity index (χ1v) is 11.5. The van der Waals surface area contributed by atoms with Gasteiger partial charge in [0, 0.05) is 52.0 Å². The summed E-state index contributed by atoms with van der Waals surface area (Å²) in [6.45, 7) is 10.7. The van der Waals surface area contributed by atoms with Crippen molar-refractivity contribution < 1.29 is 9.53 Å². The SMILES string of the molecule is CCOCCC1(CNC(=NC)NCc2ccc(C(=O)N(CC)CC)cc2)CCCC1.I. The minimum absolute atomic E-state index is 0. The molecule has 0 bridgehead atoms. The van der Waals surface area contributed by atoms with Crippen molar-refractivity contribution in [3.8, 4) is 0 Å². The summed E-state index contributed by atoms with van der Waals surface area (Å²) in [5, 5.41) is 6.93. The van der Waals surface area contributed by atoms with Gasteiger partial charge in [0.15, 0.2) is 5.96 Å². The number of halogens is 1. The van der Waals surface area contributed by atoms with E-state index in [1.807, 2.05) is 50.1 Å². The Balaban J connectivity index is 0.00000480. The number of amides is 1. The molecule has 1 aliphatic rings. The summed E-state index contributed by atoms with van der Waals surface area (Å²) >= 11 is 0. The molecular weight excluding hydrogens is 503 g/mol. The van der Waals surface area contributed by atoms with Gasteiger partial charge in [-0.25, -0.2) is 0 Å². The van der Waals surface area contributed by atoms with Crippen molar-refractivity contribution in [2.75, 3.05) is 39.9 Å². The molecular formula is C24H41IN4O2. The lowest BCUT2D eigenvalue weighted by atomic mass is 9.83. The molecule has 2 N–H and O–H groups in total. The fourth-order valence-corrected chi connectivity index (χ4v) is 4.21. The van der Waals surface area contributed by atoms with Crippen molar-refractivity contribution in [2.45, 2.75) is 59.4 Å². The largest absolute Gasteiger partial charge is 0.382 e. The second kappa shape index (κ2) is 14.7. The molecule has 1 amide bonds. The maximum atomic E-state index is 12.4. The Morgan fingerprint density at radius 1 is 1.10 bits per heavy atom. The van der Waals surface area contributed by atoms with Crippen LogP contribution in [0.5, 0.6) is 0 Å². The summed E-state index contributed by atoms with van der Waals surface area (Å²) in [7, 11) is 1.81. The Kier molecular flexibility index (Phi) is 13.1. The van der Waals surface area contributed by atoms with Crippen LogP contribution in [0.25, 0.3) is 0 Å². The molecule has 1 saturated carbocycles. The minimum atomic E-state index is 0. The molecule has 2 rings (SSSR count). The molecule has 0 unspecified atom stereocenters. The average molecular weight is 545 g/mol. The lowest BCUT2D eigenvalue weighted by Gasteiger charge is -2.30. The van der Waals surface area contributed by atoms with Gasteiger partial charge in [-0.05, 0) is 63.1 Å². The second-order valence-corrected chi connectivity index (χ2v) is 8.11. The van der Waals surface area contributed by atoms with Crippen molar-refractivity contribution in [3.05, 3.63) is 35.4 Å². The smallest absolute Gasteiger partial charge is 0.253 e. The van der Waals surface area contributed by atoms with Crippen molar-refractivity contribution in [1.82, 2.24) is 15.5 Å². The third kappa shape index (κ3) is 8.60. The van der Waals surface area contributed by atoms with E-state index < -0.39 is 0 Å². The molecule has 0 spiro atoms. The number of hydrogen-bond acceptors (Lipinski definition) is 3. The maximum absolute atomic E-state index is 12.4. The van der Waals surface area contributed by atoms with Crippen LogP contribution >= 0.6 is 24.0 Å². The van der Waals surface area contributed by atoms with E-state index in [4.69, 9.17) is 4.74 Å². The Morgan fingerprint density at radius 3 is 2.29 bits per heavy atom. The van der Waals surface area contributed by atoms with Gasteiger partial charge >= 0.3 is 0 Å². The van der Waals surface area contributed by atoms with Gasteiger partial charge in [-0.3, -0.25) is 9.79 Å². The van der Waals surface area contributed by atoms with Gasteiger partial charge < -0.3 is 20.3 Å². The van der Waals surface area contributed by atoms with Crippen LogP contribution in [0.4, 0.5) is 0 Å². The van der Waals surface area contributed by atoms with Crippen LogP contribution in [0.15, 0.2) is 29.3 Å². The molecule has 0 heterocycles. The summed E-state index contributed by atoms with van der Waals surface area (Å²) < 4.78 is 5.61. The first-order chi connectivity index (χ1) is 14.6. The van der Waals surface area contributed by atoms with Gasteiger partial charge in [0.2, 0.25) is 0 Å². The molecule has 0 aromatic heterocycles. The molecule has 1 fully saturated rings. The Bertz CT molecular complexity index is 669. The van der Waals surface area contributed by atoms with E-state index in [9.17, 15) is 4.79 Å². The van der Waals surface area contributed by atoms with Gasteiger partial charge in [-0.15, -0.1) is 24.0 Å². The normalized spacial score (nSPS) is 15.3. The summed E-state index contributed by atoms with van der Waals surface area (Å²) in [5.74, 6) is 0.909. The number of guanidine groups is 1. The van der Waals surface area contributed by atoms with Crippen LogP contribution < -0.4 is 10.6 Å². The van der Waals surface area contributed by atoms with Crippen molar-refractivity contribution in [3.63, 3.8) is 0 Å². The van der Waals surface area contributed by atoms with E-state index in [2.05, 4.69) is 22.5 Å². The molecule has 1 aliphatic carbocycles. The lowest BCUT2D eigenvalue weighted by Crippen LogP contribution is -2.43. The third-order valence-electron chi connectivity index (χ3n) is 6.21. The molecule has 1 aromatic carbocycles. The maximum Gasteiger partial charge on any atom is 0.253 e. The highest BCUT2D eigenvalue weighted by Crippen LogP contribution is 2.40. The molecule has 1 aromatic rings. The average Bonchev–Trinajstić information content (AvgIpc) is 3.24. The highest BCUT2D eigenvalue weighted by Gasteiger charge is 2.33. The second-order valence-electron chi connectivity index (χ2n) is 8.11. The van der Waals surface area contributed by atoms with Crippen LogP contribution in [0.1, 0.15) is 68.8 Å². The predicted octanol–water partition coefficient (Wildman–Crippen LogP) is 4.44. The minimum Gasteiger partial charge on any atom is -0.382 e. The van der Waals surface area contributed by atoms with E-state index >= 15 is 0 Å². The first-order valence-electron chi connectivity index (χ1n) is 11.5. The standard InChI is InChI=1S/C24H40N4O2.HI/c1-5-28(6-2)22(29)21-12-10-20(11-13-21)18-26-23(25-4)27-19-24(14-8-9-15-24)16-17-30-7-3;/h10-13H,5-9,14-19H2,1-4H3,(H2,25,26,27);1H. The van der Waals surface area contributed by atoms with E-state index in [-0.39, 0.29) is 29.9 Å². The van der Waals surface area contributed by atoms with Gasteiger partial charge in [-0.1, -0.05) is 25.0 Å². The van der Waals surface area contributed by atoms with Gasteiger partial charge in [0.05, 0.1) is 0 Å². The zero-order chi connectivity index (χ0) is 21.8. The molecule has 0 radical (unpaired) electrons. The molecule has 0 aliphatic heterocycles. The number of nitrogens with one attached hydrogen (secondary N) is 2. The van der Waals surface area contributed by atoms with Crippen LogP contribution in [-0.2, 0) is 11.3 Å².